The van der Waals surface area contributed by atoms with Crippen LogP contribution >= 0.6 is 0 Å². The summed E-state index contributed by atoms with van der Waals surface area (Å²) in [5.74, 6) is -0.162. The number of furan rings is 1. The SMILES string of the molecule is O=S(=O)(Cc1ccc(CO)o1)c1ccc(C(F)(F)F)cc1. The standard InChI is InChI=1S/C13H11F3O4S/c14-13(15,16)9-1-5-12(6-2-9)21(18,19)8-11-4-3-10(7-17)20-11/h1-6,17H,7-8H2. The molecule has 2 rings (SSSR count). The zero-order valence-electron chi connectivity index (χ0n) is 10.6. The lowest BCUT2D eigenvalue weighted by Crippen LogP contribution is -2.07. The topological polar surface area (TPSA) is 67.5 Å². The predicted octanol–water partition coefficient (Wildman–Crippen LogP) is 2.76. The van der Waals surface area contributed by atoms with Crippen molar-refractivity contribution >= 4 is 9.84 Å². The summed E-state index contributed by atoms with van der Waals surface area (Å²) in [5, 5.41) is 8.82. The highest BCUT2D eigenvalue weighted by Gasteiger charge is 2.30. The Morgan fingerprint density at radius 2 is 1.57 bits per heavy atom. The first-order valence-electron chi connectivity index (χ1n) is 5.81. The Hall–Kier alpha value is -1.80. The monoisotopic (exact) mass is 320 g/mol. The number of rotatable bonds is 4. The maximum absolute atomic E-state index is 12.4. The maximum atomic E-state index is 12.4. The number of halogens is 3. The second-order valence-electron chi connectivity index (χ2n) is 4.31. The lowest BCUT2D eigenvalue weighted by Gasteiger charge is -2.07. The summed E-state index contributed by atoms with van der Waals surface area (Å²) in [6.45, 7) is -0.361. The summed E-state index contributed by atoms with van der Waals surface area (Å²) < 4.78 is 66.4. The van der Waals surface area contributed by atoms with Gasteiger partial charge >= 0.3 is 6.18 Å². The molecule has 1 N–H and O–H groups in total. The Bertz CT molecular complexity index is 715. The number of aliphatic hydroxyl groups excluding tert-OH is 1. The van der Waals surface area contributed by atoms with Gasteiger partial charge in [-0.2, -0.15) is 13.2 Å². The van der Waals surface area contributed by atoms with Gasteiger partial charge in [-0.25, -0.2) is 8.42 Å². The highest BCUT2D eigenvalue weighted by Crippen LogP contribution is 2.30. The fourth-order valence-electron chi connectivity index (χ4n) is 1.71. The Kier molecular flexibility index (Phi) is 4.11. The molecule has 0 unspecified atom stereocenters. The van der Waals surface area contributed by atoms with E-state index in [2.05, 4.69) is 0 Å². The van der Waals surface area contributed by atoms with Crippen LogP contribution in [0.2, 0.25) is 0 Å². The van der Waals surface area contributed by atoms with Gasteiger partial charge in [-0.05, 0) is 36.4 Å². The van der Waals surface area contributed by atoms with E-state index in [9.17, 15) is 21.6 Å². The van der Waals surface area contributed by atoms with Crippen LogP contribution in [0.4, 0.5) is 13.2 Å². The van der Waals surface area contributed by atoms with Crippen LogP contribution in [0.1, 0.15) is 17.1 Å². The molecule has 1 aromatic carbocycles. The molecular weight excluding hydrogens is 309 g/mol. The summed E-state index contributed by atoms with van der Waals surface area (Å²) in [6.07, 6.45) is -4.51. The van der Waals surface area contributed by atoms with Gasteiger partial charge in [0, 0.05) is 0 Å². The van der Waals surface area contributed by atoms with Gasteiger partial charge in [0.2, 0.25) is 0 Å². The molecule has 1 heterocycles. The minimum absolute atomic E-state index is 0.110. The first-order chi connectivity index (χ1) is 9.72. The molecule has 0 fully saturated rings. The fraction of sp³-hybridized carbons (Fsp3) is 0.231. The van der Waals surface area contributed by atoms with E-state index in [0.29, 0.717) is 12.1 Å². The van der Waals surface area contributed by atoms with E-state index in [1.807, 2.05) is 0 Å². The van der Waals surface area contributed by atoms with Gasteiger partial charge in [0.15, 0.2) is 9.84 Å². The molecule has 0 radical (unpaired) electrons. The Morgan fingerprint density at radius 1 is 1.00 bits per heavy atom. The minimum Gasteiger partial charge on any atom is -0.463 e. The smallest absolute Gasteiger partial charge is 0.416 e. The number of aliphatic hydroxyl groups is 1. The zero-order valence-corrected chi connectivity index (χ0v) is 11.4. The van der Waals surface area contributed by atoms with Crippen LogP contribution in [0.3, 0.4) is 0 Å². The third-order valence-corrected chi connectivity index (χ3v) is 4.40. The molecule has 0 amide bonds. The number of benzene rings is 1. The van der Waals surface area contributed by atoms with E-state index in [1.54, 1.807) is 0 Å². The lowest BCUT2D eigenvalue weighted by molar-refractivity contribution is -0.137. The fourth-order valence-corrected chi connectivity index (χ4v) is 2.95. The van der Waals surface area contributed by atoms with Crippen molar-refractivity contribution in [3.05, 3.63) is 53.5 Å². The van der Waals surface area contributed by atoms with Gasteiger partial charge in [0.25, 0.3) is 0 Å². The van der Waals surface area contributed by atoms with Crippen molar-refractivity contribution in [2.75, 3.05) is 0 Å². The molecule has 0 aliphatic rings. The predicted molar refractivity (Wildman–Crippen MR) is 67.0 cm³/mol. The molecule has 0 saturated heterocycles. The number of sulfone groups is 1. The van der Waals surface area contributed by atoms with Crippen molar-refractivity contribution in [1.29, 1.82) is 0 Å². The van der Waals surface area contributed by atoms with Crippen molar-refractivity contribution in [2.24, 2.45) is 0 Å². The number of alkyl halides is 3. The quantitative estimate of drug-likeness (QED) is 0.940. The second kappa shape index (κ2) is 5.53. The number of hydrogen-bond donors (Lipinski definition) is 1. The van der Waals surface area contributed by atoms with Gasteiger partial charge in [0.05, 0.1) is 10.5 Å². The van der Waals surface area contributed by atoms with Crippen molar-refractivity contribution < 1.29 is 31.1 Å². The van der Waals surface area contributed by atoms with E-state index in [0.717, 1.165) is 12.1 Å². The molecule has 2 aromatic rings. The largest absolute Gasteiger partial charge is 0.463 e. The molecule has 8 heteroatoms. The summed E-state index contributed by atoms with van der Waals surface area (Å²) in [4.78, 5) is -0.225. The van der Waals surface area contributed by atoms with E-state index >= 15 is 0 Å². The van der Waals surface area contributed by atoms with Crippen molar-refractivity contribution in [3.63, 3.8) is 0 Å². The average molecular weight is 320 g/mol. The van der Waals surface area contributed by atoms with Gasteiger partial charge in [-0.15, -0.1) is 0 Å². The average Bonchev–Trinajstić information content (AvgIpc) is 2.85. The van der Waals surface area contributed by atoms with Gasteiger partial charge in [-0.3, -0.25) is 0 Å². The van der Waals surface area contributed by atoms with Crippen molar-refractivity contribution in [3.8, 4) is 0 Å². The molecule has 0 spiro atoms. The summed E-state index contributed by atoms with van der Waals surface area (Å²) in [5.41, 5.74) is -0.915. The molecule has 0 saturated carbocycles. The molecule has 0 bridgehead atoms. The first-order valence-corrected chi connectivity index (χ1v) is 7.46. The van der Waals surface area contributed by atoms with Crippen LogP contribution in [0.15, 0.2) is 45.7 Å². The van der Waals surface area contributed by atoms with Crippen LogP contribution < -0.4 is 0 Å². The van der Waals surface area contributed by atoms with E-state index < -0.39 is 27.3 Å². The van der Waals surface area contributed by atoms with Gasteiger partial charge in [-0.1, -0.05) is 0 Å². The van der Waals surface area contributed by atoms with Gasteiger partial charge < -0.3 is 9.52 Å². The third kappa shape index (κ3) is 3.64. The van der Waals surface area contributed by atoms with Crippen LogP contribution in [0, 0.1) is 0 Å². The maximum Gasteiger partial charge on any atom is 0.416 e. The van der Waals surface area contributed by atoms with Crippen LogP contribution in [-0.2, 0) is 28.4 Å². The number of hydrogen-bond acceptors (Lipinski definition) is 4. The molecular formula is C13H11F3O4S. The first kappa shape index (κ1) is 15.6. The zero-order chi connectivity index (χ0) is 15.7. The molecule has 114 valence electrons. The summed E-state index contributed by atoms with van der Waals surface area (Å²) in [6, 6.07) is 6.08. The normalized spacial score (nSPS) is 12.6. The molecule has 4 nitrogen and oxygen atoms in total. The highest BCUT2D eigenvalue weighted by molar-refractivity contribution is 7.90. The Morgan fingerprint density at radius 3 is 2.05 bits per heavy atom. The van der Waals surface area contributed by atoms with Crippen LogP contribution in [0.25, 0.3) is 0 Å². The van der Waals surface area contributed by atoms with E-state index in [4.69, 9.17) is 9.52 Å². The summed E-state index contributed by atoms with van der Waals surface area (Å²) >= 11 is 0. The molecule has 0 atom stereocenters. The highest BCUT2D eigenvalue weighted by atomic mass is 32.2. The van der Waals surface area contributed by atoms with Crippen molar-refractivity contribution in [2.45, 2.75) is 23.4 Å². The van der Waals surface area contributed by atoms with Gasteiger partial charge in [0.1, 0.15) is 23.9 Å². The minimum atomic E-state index is -4.51. The van der Waals surface area contributed by atoms with Crippen molar-refractivity contribution in [1.82, 2.24) is 0 Å². The molecule has 0 aliphatic heterocycles. The van der Waals surface area contributed by atoms with E-state index in [1.165, 1.54) is 12.1 Å². The van der Waals surface area contributed by atoms with E-state index in [-0.39, 0.29) is 23.0 Å². The molecule has 1 aromatic heterocycles. The lowest BCUT2D eigenvalue weighted by atomic mass is 10.2. The molecule has 21 heavy (non-hydrogen) atoms. The summed E-state index contributed by atoms with van der Waals surface area (Å²) in [7, 11) is -3.81. The second-order valence-corrected chi connectivity index (χ2v) is 6.30. The Balaban J connectivity index is 2.23. The third-order valence-electron chi connectivity index (χ3n) is 2.75. The van der Waals surface area contributed by atoms with Crippen LogP contribution in [-0.4, -0.2) is 13.5 Å². The Labute approximate surface area is 118 Å². The molecule has 0 aliphatic carbocycles. The van der Waals surface area contributed by atoms with Crippen LogP contribution in [0.5, 0.6) is 0 Å².